The monoisotopic (exact) mass is 450 g/mol. The Labute approximate surface area is 189 Å². The van der Waals surface area contributed by atoms with E-state index in [2.05, 4.69) is 5.32 Å². The summed E-state index contributed by atoms with van der Waals surface area (Å²) < 4.78 is 16.4. The lowest BCUT2D eigenvalue weighted by molar-refractivity contribution is -0.125. The first kappa shape index (κ1) is 20.2. The molecule has 7 nitrogen and oxygen atoms in total. The maximum atomic E-state index is 12.9. The zero-order valence-corrected chi connectivity index (χ0v) is 17.9. The molecule has 0 saturated heterocycles. The van der Waals surface area contributed by atoms with Crippen LogP contribution in [0.5, 0.6) is 17.2 Å². The number of halogens is 1. The molecule has 1 atom stereocenters. The van der Waals surface area contributed by atoms with Gasteiger partial charge >= 0.3 is 0 Å². The summed E-state index contributed by atoms with van der Waals surface area (Å²) in [6.07, 6.45) is -0.615. The van der Waals surface area contributed by atoms with Crippen LogP contribution in [0.2, 0.25) is 5.02 Å². The molecule has 0 fully saturated rings. The summed E-state index contributed by atoms with van der Waals surface area (Å²) in [6, 6.07) is 17.6. The van der Waals surface area contributed by atoms with Crippen LogP contribution >= 0.6 is 11.6 Å². The average Bonchev–Trinajstić information content (AvgIpc) is 3.25. The second-order valence-corrected chi connectivity index (χ2v) is 7.96. The Kier molecular flexibility index (Phi) is 5.11. The highest BCUT2D eigenvalue weighted by atomic mass is 35.5. The predicted molar refractivity (Wildman–Crippen MR) is 120 cm³/mol. The average molecular weight is 451 g/mol. The van der Waals surface area contributed by atoms with E-state index >= 15 is 0 Å². The van der Waals surface area contributed by atoms with Crippen molar-refractivity contribution < 1.29 is 23.8 Å². The van der Waals surface area contributed by atoms with Crippen LogP contribution in [0, 0.1) is 0 Å². The van der Waals surface area contributed by atoms with Crippen molar-refractivity contribution in [1.29, 1.82) is 0 Å². The molecule has 0 aliphatic carbocycles. The van der Waals surface area contributed by atoms with Gasteiger partial charge in [-0.05, 0) is 61.0 Å². The molecule has 2 heterocycles. The Morgan fingerprint density at radius 2 is 1.88 bits per heavy atom. The van der Waals surface area contributed by atoms with Crippen molar-refractivity contribution in [3.63, 3.8) is 0 Å². The van der Waals surface area contributed by atoms with Crippen molar-refractivity contribution >= 4 is 34.8 Å². The van der Waals surface area contributed by atoms with Crippen molar-refractivity contribution in [2.45, 2.75) is 19.6 Å². The van der Waals surface area contributed by atoms with Gasteiger partial charge in [-0.1, -0.05) is 23.7 Å². The Morgan fingerprint density at radius 3 is 2.72 bits per heavy atom. The molecule has 3 aromatic carbocycles. The Hall–Kier alpha value is -3.71. The minimum Gasteiger partial charge on any atom is -0.479 e. The van der Waals surface area contributed by atoms with Crippen LogP contribution in [-0.2, 0) is 11.3 Å². The third kappa shape index (κ3) is 3.83. The van der Waals surface area contributed by atoms with Crippen molar-refractivity contribution in [1.82, 2.24) is 0 Å². The molecule has 2 aliphatic heterocycles. The van der Waals surface area contributed by atoms with Crippen molar-refractivity contribution in [3.05, 3.63) is 76.8 Å². The van der Waals surface area contributed by atoms with Crippen LogP contribution in [0.1, 0.15) is 22.8 Å². The molecule has 0 radical (unpaired) electrons. The number of nitrogens with one attached hydrogen (secondary N) is 1. The molecule has 0 saturated carbocycles. The van der Waals surface area contributed by atoms with E-state index in [1.54, 1.807) is 54.3 Å². The van der Waals surface area contributed by atoms with Crippen LogP contribution in [0.3, 0.4) is 0 Å². The lowest BCUT2D eigenvalue weighted by Crippen LogP contribution is -2.44. The lowest BCUT2D eigenvalue weighted by atomic mass is 10.1. The summed E-state index contributed by atoms with van der Waals surface area (Å²) in [6.45, 7) is 2.19. The van der Waals surface area contributed by atoms with E-state index in [9.17, 15) is 9.59 Å². The van der Waals surface area contributed by atoms with Crippen LogP contribution in [-0.4, -0.2) is 24.7 Å². The number of rotatable bonds is 4. The van der Waals surface area contributed by atoms with Gasteiger partial charge in [0, 0.05) is 16.3 Å². The summed E-state index contributed by atoms with van der Waals surface area (Å²) in [5, 5.41) is 3.47. The smallest absolute Gasteiger partial charge is 0.268 e. The van der Waals surface area contributed by atoms with Gasteiger partial charge in [0.2, 0.25) is 6.79 Å². The van der Waals surface area contributed by atoms with Crippen molar-refractivity contribution in [2.75, 3.05) is 17.0 Å². The number of anilines is 2. The zero-order chi connectivity index (χ0) is 22.2. The van der Waals surface area contributed by atoms with E-state index in [0.717, 1.165) is 5.56 Å². The molecule has 1 N–H and O–H groups in total. The highest BCUT2D eigenvalue weighted by molar-refractivity contribution is 6.30. The summed E-state index contributed by atoms with van der Waals surface area (Å²) >= 11 is 6.11. The van der Waals surface area contributed by atoms with E-state index < -0.39 is 6.10 Å². The number of carbonyl (C=O) groups excluding carboxylic acids is 2. The van der Waals surface area contributed by atoms with Crippen LogP contribution < -0.4 is 24.4 Å². The summed E-state index contributed by atoms with van der Waals surface area (Å²) in [5.74, 6) is 1.23. The van der Waals surface area contributed by atoms with E-state index in [-0.39, 0.29) is 18.6 Å². The molecule has 3 aromatic rings. The van der Waals surface area contributed by atoms with Gasteiger partial charge in [-0.25, -0.2) is 0 Å². The van der Waals surface area contributed by atoms with Crippen molar-refractivity contribution in [3.8, 4) is 17.2 Å². The second-order valence-electron chi connectivity index (χ2n) is 7.52. The largest absolute Gasteiger partial charge is 0.479 e. The van der Waals surface area contributed by atoms with E-state index in [1.807, 2.05) is 18.2 Å². The van der Waals surface area contributed by atoms with Gasteiger partial charge in [0.05, 0.1) is 12.2 Å². The minimum absolute atomic E-state index is 0.139. The molecule has 0 spiro atoms. The number of benzene rings is 3. The molecule has 8 heteroatoms. The molecule has 5 rings (SSSR count). The first-order valence-electron chi connectivity index (χ1n) is 10.1. The highest BCUT2D eigenvalue weighted by Gasteiger charge is 2.32. The standard InChI is InChI=1S/C24H19ClN2O5/c1-14-24(29)27(12-15-3-2-4-17(25)9-15)19-11-18(6-8-20(19)32-14)26-23(28)16-5-7-21-22(10-16)31-13-30-21/h2-11,14H,12-13H2,1H3,(H,26,28). The van der Waals surface area contributed by atoms with Gasteiger partial charge in [0.1, 0.15) is 5.75 Å². The number of hydrogen-bond acceptors (Lipinski definition) is 5. The van der Waals surface area contributed by atoms with Crippen LogP contribution in [0.25, 0.3) is 0 Å². The van der Waals surface area contributed by atoms with Crippen LogP contribution in [0.15, 0.2) is 60.7 Å². The fourth-order valence-electron chi connectivity index (χ4n) is 3.71. The van der Waals surface area contributed by atoms with Gasteiger partial charge in [-0.2, -0.15) is 0 Å². The first-order chi connectivity index (χ1) is 15.5. The number of ether oxygens (including phenoxy) is 3. The zero-order valence-electron chi connectivity index (χ0n) is 17.1. The third-order valence-electron chi connectivity index (χ3n) is 5.29. The molecule has 2 amide bonds. The molecule has 0 bridgehead atoms. The highest BCUT2D eigenvalue weighted by Crippen LogP contribution is 2.38. The summed E-state index contributed by atoms with van der Waals surface area (Å²) in [5.41, 5.74) is 2.44. The summed E-state index contributed by atoms with van der Waals surface area (Å²) in [7, 11) is 0. The Bertz CT molecular complexity index is 1230. The number of nitrogens with zero attached hydrogens (tertiary/aromatic N) is 1. The van der Waals surface area contributed by atoms with Gasteiger partial charge < -0.3 is 24.4 Å². The topological polar surface area (TPSA) is 77.1 Å². The van der Waals surface area contributed by atoms with Crippen LogP contribution in [0.4, 0.5) is 11.4 Å². The number of hydrogen-bond donors (Lipinski definition) is 1. The minimum atomic E-state index is -0.615. The van der Waals surface area contributed by atoms with E-state index in [0.29, 0.717) is 45.8 Å². The normalized spacial score (nSPS) is 16.4. The fraction of sp³-hybridized carbons (Fsp3) is 0.167. The molecule has 1 unspecified atom stereocenters. The maximum absolute atomic E-state index is 12.9. The maximum Gasteiger partial charge on any atom is 0.268 e. The quantitative estimate of drug-likeness (QED) is 0.626. The molecule has 32 heavy (non-hydrogen) atoms. The Balaban J connectivity index is 1.42. The lowest BCUT2D eigenvalue weighted by Gasteiger charge is -2.33. The Morgan fingerprint density at radius 1 is 1.06 bits per heavy atom. The summed E-state index contributed by atoms with van der Waals surface area (Å²) in [4.78, 5) is 27.3. The first-order valence-corrected chi connectivity index (χ1v) is 10.4. The fourth-order valence-corrected chi connectivity index (χ4v) is 3.92. The predicted octanol–water partition coefficient (Wildman–Crippen LogP) is 4.64. The second kappa shape index (κ2) is 8.09. The van der Waals surface area contributed by atoms with Gasteiger partial charge in [-0.3, -0.25) is 9.59 Å². The number of carbonyl (C=O) groups is 2. The molecule has 162 valence electrons. The molecular formula is C24H19ClN2O5. The van der Waals surface area contributed by atoms with E-state index in [4.69, 9.17) is 25.8 Å². The SMILES string of the molecule is CC1Oc2ccc(NC(=O)c3ccc4c(c3)OCO4)cc2N(Cc2cccc(Cl)c2)C1=O. The number of amides is 2. The number of fused-ring (bicyclic) bond motifs is 2. The molecule has 0 aromatic heterocycles. The van der Waals surface area contributed by atoms with Gasteiger partial charge in [0.15, 0.2) is 17.6 Å². The van der Waals surface area contributed by atoms with E-state index in [1.165, 1.54) is 0 Å². The van der Waals surface area contributed by atoms with Gasteiger partial charge in [-0.15, -0.1) is 0 Å². The van der Waals surface area contributed by atoms with Crippen molar-refractivity contribution in [2.24, 2.45) is 0 Å². The molecule has 2 aliphatic rings. The third-order valence-corrected chi connectivity index (χ3v) is 5.52. The molecular weight excluding hydrogens is 432 g/mol. The van der Waals surface area contributed by atoms with Gasteiger partial charge in [0.25, 0.3) is 11.8 Å².